The first-order valence-electron chi connectivity index (χ1n) is 12.8. The molecule has 4 rings (SSSR count). The summed E-state index contributed by atoms with van der Waals surface area (Å²) in [6, 6.07) is 13.5. The number of carbonyl (C=O) groups is 1. The van der Waals surface area contributed by atoms with E-state index < -0.39 is 10.0 Å². The second kappa shape index (κ2) is 12.6. The van der Waals surface area contributed by atoms with E-state index in [9.17, 15) is 13.2 Å². The first-order valence-corrected chi connectivity index (χ1v) is 14.3. The third kappa shape index (κ3) is 7.16. The average molecular weight is 534 g/mol. The summed E-state index contributed by atoms with van der Waals surface area (Å²) in [5, 5.41) is 8.15. The molecule has 1 saturated carbocycles. The summed E-state index contributed by atoms with van der Waals surface area (Å²) in [5.74, 6) is 0.806. The van der Waals surface area contributed by atoms with Crippen LogP contribution in [0.25, 0.3) is 17.0 Å². The fraction of sp³-hybridized carbons (Fsp3) is 0.300. The third-order valence-electron chi connectivity index (χ3n) is 6.28. The van der Waals surface area contributed by atoms with Crippen molar-refractivity contribution < 1.29 is 17.6 Å². The number of aryl methyl sites for hydroxylation is 1. The number of aromatic nitrogens is 2. The maximum atomic E-state index is 13.1. The molecular weight excluding hydrogens is 498 g/mol. The molecule has 0 atom stereocenters. The number of nitrogens with one attached hydrogen (secondary N) is 1. The molecule has 1 N–H and O–H groups in total. The van der Waals surface area contributed by atoms with Gasteiger partial charge in [0.1, 0.15) is 5.78 Å². The van der Waals surface area contributed by atoms with E-state index in [-0.39, 0.29) is 22.0 Å². The minimum atomic E-state index is -3.87. The van der Waals surface area contributed by atoms with Crippen LogP contribution in [0.3, 0.4) is 0 Å². The molecule has 0 amide bonds. The smallest absolute Gasteiger partial charge is 0.261 e. The third-order valence-corrected chi connectivity index (χ3v) is 7.66. The van der Waals surface area contributed by atoms with Crippen LogP contribution >= 0.6 is 0 Å². The first kappa shape index (κ1) is 28.8. The van der Waals surface area contributed by atoms with Gasteiger partial charge in [0.25, 0.3) is 10.0 Å². The lowest BCUT2D eigenvalue weighted by Crippen LogP contribution is -2.14. The fourth-order valence-electron chi connectivity index (χ4n) is 3.75. The summed E-state index contributed by atoms with van der Waals surface area (Å²) >= 11 is 0. The Kier molecular flexibility index (Phi) is 9.58. The molecule has 38 heavy (non-hydrogen) atoms. The standard InChI is InChI=1S/C28H29N3O4S.C2H6/c1-4-6-10-21(5-2)26-29-30-27(35-26)22-11-8-13-24(19-22)36(33,34)31-23-12-7-9-20(18-23)14-15-25(32)28(3)16-17-28;1-2/h4-13,18-19,31H,1,14-17H2,2-3H3;1-2H3/b10-6-,21-5+;. The number of hydrogen-bond donors (Lipinski definition) is 1. The zero-order valence-corrected chi connectivity index (χ0v) is 23.2. The monoisotopic (exact) mass is 533 g/mol. The maximum absolute atomic E-state index is 13.1. The van der Waals surface area contributed by atoms with Gasteiger partial charge in [0, 0.05) is 28.7 Å². The van der Waals surface area contributed by atoms with Crippen molar-refractivity contribution in [3.63, 3.8) is 0 Å². The molecule has 200 valence electrons. The number of anilines is 1. The van der Waals surface area contributed by atoms with E-state index >= 15 is 0 Å². The Labute approximate surface area is 225 Å². The largest absolute Gasteiger partial charge is 0.416 e. The molecular formula is C30H35N3O4S. The number of benzene rings is 2. The van der Waals surface area contributed by atoms with Gasteiger partial charge in [0.05, 0.1) is 4.90 Å². The Hall–Kier alpha value is -3.78. The highest BCUT2D eigenvalue weighted by atomic mass is 32.2. The van der Waals surface area contributed by atoms with E-state index in [1.165, 1.54) is 12.1 Å². The lowest BCUT2D eigenvalue weighted by atomic mass is 9.97. The summed E-state index contributed by atoms with van der Waals surface area (Å²) in [5.41, 5.74) is 2.41. The van der Waals surface area contributed by atoms with Crippen LogP contribution in [0, 0.1) is 5.41 Å². The number of ketones is 1. The quantitative estimate of drug-likeness (QED) is 0.266. The molecule has 0 spiro atoms. The minimum absolute atomic E-state index is 0.0693. The van der Waals surface area contributed by atoms with Gasteiger partial charge in [-0.3, -0.25) is 9.52 Å². The molecule has 2 aromatic carbocycles. The van der Waals surface area contributed by atoms with Crippen molar-refractivity contribution >= 4 is 27.1 Å². The topological polar surface area (TPSA) is 102 Å². The normalized spacial score (nSPS) is 14.5. The Balaban J connectivity index is 0.00000195. The van der Waals surface area contributed by atoms with E-state index in [0.717, 1.165) is 24.0 Å². The molecule has 1 aromatic heterocycles. The van der Waals surface area contributed by atoms with Crippen LogP contribution < -0.4 is 4.72 Å². The highest BCUT2D eigenvalue weighted by molar-refractivity contribution is 7.92. The Bertz CT molecular complexity index is 1450. The molecule has 0 aliphatic heterocycles. The van der Waals surface area contributed by atoms with Crippen molar-refractivity contribution in [2.24, 2.45) is 5.41 Å². The summed E-state index contributed by atoms with van der Waals surface area (Å²) in [7, 11) is -3.87. The molecule has 0 bridgehead atoms. The van der Waals surface area contributed by atoms with Crippen LogP contribution in [0.2, 0.25) is 0 Å². The van der Waals surface area contributed by atoms with Gasteiger partial charge in [-0.2, -0.15) is 0 Å². The lowest BCUT2D eigenvalue weighted by molar-refractivity contribution is -0.123. The average Bonchev–Trinajstić information content (AvgIpc) is 3.49. The Morgan fingerprint density at radius 1 is 1.13 bits per heavy atom. The van der Waals surface area contributed by atoms with Crippen LogP contribution in [0.1, 0.15) is 58.4 Å². The van der Waals surface area contributed by atoms with Crippen LogP contribution in [-0.2, 0) is 21.2 Å². The van der Waals surface area contributed by atoms with Gasteiger partial charge in [-0.1, -0.05) is 63.8 Å². The van der Waals surface area contributed by atoms with Crippen molar-refractivity contribution in [2.75, 3.05) is 4.72 Å². The summed E-state index contributed by atoms with van der Waals surface area (Å²) < 4.78 is 34.7. The van der Waals surface area contributed by atoms with E-state index in [1.807, 2.05) is 39.8 Å². The molecule has 1 aliphatic carbocycles. The van der Waals surface area contributed by atoms with Gasteiger partial charge in [-0.15, -0.1) is 10.2 Å². The van der Waals surface area contributed by atoms with Gasteiger partial charge in [-0.25, -0.2) is 8.42 Å². The van der Waals surface area contributed by atoms with E-state index in [1.54, 1.807) is 48.6 Å². The Morgan fingerprint density at radius 2 is 1.87 bits per heavy atom. The van der Waals surface area contributed by atoms with Gasteiger partial charge in [0.2, 0.25) is 11.8 Å². The van der Waals surface area contributed by atoms with Crippen LogP contribution in [0.15, 0.2) is 88.7 Å². The fourth-order valence-corrected chi connectivity index (χ4v) is 4.84. The number of rotatable bonds is 11. The predicted octanol–water partition coefficient (Wildman–Crippen LogP) is 7.01. The van der Waals surface area contributed by atoms with E-state index in [2.05, 4.69) is 21.5 Å². The highest BCUT2D eigenvalue weighted by Gasteiger charge is 2.43. The number of allylic oxidation sites excluding steroid dienone is 5. The molecule has 0 saturated heterocycles. The molecule has 0 radical (unpaired) electrons. The second-order valence-corrected chi connectivity index (χ2v) is 10.8. The summed E-state index contributed by atoms with van der Waals surface area (Å²) in [6.07, 6.45) is 9.99. The number of hydrogen-bond acceptors (Lipinski definition) is 6. The van der Waals surface area contributed by atoms with Gasteiger partial charge in [0.15, 0.2) is 0 Å². The number of Topliss-reactive ketones (excluding diaryl/α,β-unsaturated/α-hetero) is 1. The molecule has 8 heteroatoms. The lowest BCUT2D eigenvalue weighted by Gasteiger charge is -2.11. The number of nitrogens with zero attached hydrogens (tertiary/aromatic N) is 2. The highest BCUT2D eigenvalue weighted by Crippen LogP contribution is 2.46. The molecule has 1 heterocycles. The number of carbonyl (C=O) groups excluding carboxylic acids is 1. The van der Waals surface area contributed by atoms with Crippen LogP contribution in [0.4, 0.5) is 5.69 Å². The predicted molar refractivity (Wildman–Crippen MR) is 152 cm³/mol. The van der Waals surface area contributed by atoms with Crippen molar-refractivity contribution in [1.82, 2.24) is 10.2 Å². The van der Waals surface area contributed by atoms with E-state index in [4.69, 9.17) is 4.42 Å². The zero-order valence-electron chi connectivity index (χ0n) is 22.4. The van der Waals surface area contributed by atoms with Gasteiger partial charge < -0.3 is 4.42 Å². The minimum Gasteiger partial charge on any atom is -0.416 e. The maximum Gasteiger partial charge on any atom is 0.261 e. The van der Waals surface area contributed by atoms with Crippen molar-refractivity contribution in [3.8, 4) is 11.5 Å². The van der Waals surface area contributed by atoms with Gasteiger partial charge >= 0.3 is 0 Å². The first-order chi connectivity index (χ1) is 18.2. The second-order valence-electron chi connectivity index (χ2n) is 9.07. The SMILES string of the molecule is C=C/C=C\C(=C/C)c1nnc(-c2cccc(S(=O)(=O)Nc3cccc(CCC(=O)C4(C)CC4)c3)c2)o1.CC. The van der Waals surface area contributed by atoms with Crippen molar-refractivity contribution in [2.45, 2.75) is 58.3 Å². The molecule has 0 unspecified atom stereocenters. The summed E-state index contributed by atoms with van der Waals surface area (Å²) in [4.78, 5) is 12.4. The Morgan fingerprint density at radius 3 is 2.55 bits per heavy atom. The van der Waals surface area contributed by atoms with E-state index in [0.29, 0.717) is 30.0 Å². The van der Waals surface area contributed by atoms with Crippen LogP contribution in [-0.4, -0.2) is 24.4 Å². The number of sulfonamides is 1. The zero-order chi connectivity index (χ0) is 27.8. The van der Waals surface area contributed by atoms with Crippen molar-refractivity contribution in [1.29, 1.82) is 0 Å². The molecule has 7 nitrogen and oxygen atoms in total. The van der Waals surface area contributed by atoms with Crippen LogP contribution in [0.5, 0.6) is 0 Å². The van der Waals surface area contributed by atoms with Crippen molar-refractivity contribution in [3.05, 3.63) is 90.9 Å². The van der Waals surface area contributed by atoms with Gasteiger partial charge in [-0.05, 0) is 68.2 Å². The molecule has 3 aromatic rings. The molecule has 1 fully saturated rings. The summed E-state index contributed by atoms with van der Waals surface area (Å²) in [6.45, 7) is 11.5. The molecule has 1 aliphatic rings.